The van der Waals surface area contributed by atoms with E-state index >= 15 is 0 Å². The molecule has 0 aliphatic carbocycles. The summed E-state index contributed by atoms with van der Waals surface area (Å²) in [7, 11) is -3.23. The van der Waals surface area contributed by atoms with Crippen LogP contribution in [0.4, 0.5) is 16.2 Å². The normalized spacial score (nSPS) is 17.3. The van der Waals surface area contributed by atoms with Crippen molar-refractivity contribution in [2.75, 3.05) is 30.0 Å². The van der Waals surface area contributed by atoms with Crippen LogP contribution in [0.25, 0.3) is 0 Å². The number of amides is 2. The Labute approximate surface area is 147 Å². The summed E-state index contributed by atoms with van der Waals surface area (Å²) in [5.74, 6) is 0. The van der Waals surface area contributed by atoms with Crippen LogP contribution < -0.4 is 10.6 Å². The minimum atomic E-state index is -3.23. The maximum Gasteiger partial charge on any atom is 0.321 e. The van der Waals surface area contributed by atoms with E-state index in [-0.39, 0.29) is 17.0 Å². The first-order valence-electron chi connectivity index (χ1n) is 8.09. The average molecular weight is 359 g/mol. The highest BCUT2D eigenvalue weighted by Gasteiger charge is 2.26. The number of para-hydroxylation sites is 1. The average Bonchev–Trinajstić information content (AvgIpc) is 3.04. The molecule has 0 unspecified atom stereocenters. The van der Waals surface area contributed by atoms with Crippen LogP contribution in [0.5, 0.6) is 0 Å². The smallest absolute Gasteiger partial charge is 0.321 e. The van der Waals surface area contributed by atoms with Crippen LogP contribution in [0.15, 0.2) is 59.5 Å². The molecule has 2 N–H and O–H groups in total. The SMILES string of the molecule is CS(=O)(=O)c1ccc(NC(=O)N2CC[C@H](Nc3ccccc3)C2)cc1. The predicted molar refractivity (Wildman–Crippen MR) is 98.6 cm³/mol. The highest BCUT2D eigenvalue weighted by atomic mass is 32.2. The summed E-state index contributed by atoms with van der Waals surface area (Å²) in [5.41, 5.74) is 1.63. The van der Waals surface area contributed by atoms with Crippen molar-refractivity contribution in [1.82, 2.24) is 4.90 Å². The van der Waals surface area contributed by atoms with E-state index in [0.29, 0.717) is 18.8 Å². The molecule has 0 spiro atoms. The zero-order chi connectivity index (χ0) is 17.9. The first-order chi connectivity index (χ1) is 11.9. The summed E-state index contributed by atoms with van der Waals surface area (Å²) in [4.78, 5) is 14.4. The number of anilines is 2. The van der Waals surface area contributed by atoms with Crippen molar-refractivity contribution in [3.05, 3.63) is 54.6 Å². The molecular weight excluding hydrogens is 338 g/mol. The van der Waals surface area contributed by atoms with Gasteiger partial charge in [-0.3, -0.25) is 0 Å². The van der Waals surface area contributed by atoms with Crippen LogP contribution >= 0.6 is 0 Å². The van der Waals surface area contributed by atoms with E-state index < -0.39 is 9.84 Å². The second-order valence-corrected chi connectivity index (χ2v) is 8.18. The number of carbonyl (C=O) groups excluding carboxylic acids is 1. The van der Waals surface area contributed by atoms with Gasteiger partial charge in [-0.05, 0) is 42.8 Å². The molecule has 1 fully saturated rings. The molecule has 2 aromatic carbocycles. The van der Waals surface area contributed by atoms with Gasteiger partial charge in [0.25, 0.3) is 0 Å². The molecule has 1 atom stereocenters. The number of hydrogen-bond donors (Lipinski definition) is 2. The van der Waals surface area contributed by atoms with Gasteiger partial charge in [0.05, 0.1) is 4.90 Å². The van der Waals surface area contributed by atoms with Crippen molar-refractivity contribution in [2.45, 2.75) is 17.4 Å². The van der Waals surface area contributed by atoms with Crippen molar-refractivity contribution >= 4 is 27.2 Å². The number of nitrogens with zero attached hydrogens (tertiary/aromatic N) is 1. The number of rotatable bonds is 4. The van der Waals surface area contributed by atoms with Crippen LogP contribution in [0.1, 0.15) is 6.42 Å². The molecule has 25 heavy (non-hydrogen) atoms. The topological polar surface area (TPSA) is 78.5 Å². The monoisotopic (exact) mass is 359 g/mol. The maximum absolute atomic E-state index is 12.4. The third kappa shape index (κ3) is 4.51. The van der Waals surface area contributed by atoms with Gasteiger partial charge in [-0.2, -0.15) is 0 Å². The molecule has 2 amide bonds. The molecule has 1 aliphatic heterocycles. The Morgan fingerprint density at radius 3 is 2.36 bits per heavy atom. The van der Waals surface area contributed by atoms with Gasteiger partial charge in [-0.25, -0.2) is 13.2 Å². The maximum atomic E-state index is 12.4. The lowest BCUT2D eigenvalue weighted by Crippen LogP contribution is -2.34. The summed E-state index contributed by atoms with van der Waals surface area (Å²) in [6.07, 6.45) is 2.04. The summed E-state index contributed by atoms with van der Waals surface area (Å²) < 4.78 is 22.9. The Bertz CT molecular complexity index is 836. The molecule has 1 aliphatic rings. The highest BCUT2D eigenvalue weighted by molar-refractivity contribution is 7.90. The molecule has 2 aromatic rings. The van der Waals surface area contributed by atoms with Crippen LogP contribution in [-0.2, 0) is 9.84 Å². The van der Waals surface area contributed by atoms with E-state index in [2.05, 4.69) is 10.6 Å². The quantitative estimate of drug-likeness (QED) is 0.880. The molecular formula is C18H21N3O3S. The van der Waals surface area contributed by atoms with Crippen molar-refractivity contribution < 1.29 is 13.2 Å². The molecule has 0 radical (unpaired) electrons. The molecule has 1 saturated heterocycles. The lowest BCUT2D eigenvalue weighted by atomic mass is 10.2. The molecule has 0 saturated carbocycles. The van der Waals surface area contributed by atoms with Gasteiger partial charge in [-0.1, -0.05) is 18.2 Å². The molecule has 0 bridgehead atoms. The zero-order valence-corrected chi connectivity index (χ0v) is 14.8. The lowest BCUT2D eigenvalue weighted by Gasteiger charge is -2.18. The summed E-state index contributed by atoms with van der Waals surface area (Å²) >= 11 is 0. The third-order valence-electron chi connectivity index (χ3n) is 4.15. The summed E-state index contributed by atoms with van der Waals surface area (Å²) in [5, 5.41) is 6.24. The second-order valence-electron chi connectivity index (χ2n) is 6.17. The molecule has 132 valence electrons. The Kier molecular flexibility index (Phi) is 4.94. The fourth-order valence-corrected chi connectivity index (χ4v) is 3.45. The number of likely N-dealkylation sites (tertiary alicyclic amines) is 1. The van der Waals surface area contributed by atoms with Gasteiger partial charge in [-0.15, -0.1) is 0 Å². The van der Waals surface area contributed by atoms with Crippen molar-refractivity contribution in [3.8, 4) is 0 Å². The Morgan fingerprint density at radius 2 is 1.72 bits per heavy atom. The minimum Gasteiger partial charge on any atom is -0.380 e. The minimum absolute atomic E-state index is 0.176. The van der Waals surface area contributed by atoms with Crippen LogP contribution in [0, 0.1) is 0 Å². The van der Waals surface area contributed by atoms with Crippen molar-refractivity contribution in [2.24, 2.45) is 0 Å². The van der Waals surface area contributed by atoms with E-state index in [1.807, 2.05) is 30.3 Å². The Balaban J connectivity index is 1.55. The first kappa shape index (κ1) is 17.3. The van der Waals surface area contributed by atoms with E-state index in [1.165, 1.54) is 12.1 Å². The van der Waals surface area contributed by atoms with Gasteiger partial charge < -0.3 is 15.5 Å². The van der Waals surface area contributed by atoms with E-state index in [9.17, 15) is 13.2 Å². The largest absolute Gasteiger partial charge is 0.380 e. The number of urea groups is 1. The molecule has 3 rings (SSSR count). The Hall–Kier alpha value is -2.54. The van der Waals surface area contributed by atoms with Crippen molar-refractivity contribution in [1.29, 1.82) is 0 Å². The molecule has 0 aromatic heterocycles. The van der Waals surface area contributed by atoms with Gasteiger partial charge in [0.15, 0.2) is 9.84 Å². The molecule has 7 heteroatoms. The van der Waals surface area contributed by atoms with Crippen LogP contribution in [-0.4, -0.2) is 44.7 Å². The van der Waals surface area contributed by atoms with E-state index in [0.717, 1.165) is 18.4 Å². The first-order valence-corrected chi connectivity index (χ1v) is 9.98. The number of sulfone groups is 1. The lowest BCUT2D eigenvalue weighted by molar-refractivity contribution is 0.222. The standard InChI is InChI=1S/C18H21N3O3S/c1-25(23,24)17-9-7-15(8-10-17)20-18(22)21-12-11-16(13-21)19-14-5-3-2-4-6-14/h2-10,16,19H,11-13H2,1H3,(H,20,22)/t16-/m0/s1. The number of benzene rings is 2. The third-order valence-corrected chi connectivity index (χ3v) is 5.28. The van der Waals surface area contributed by atoms with Crippen LogP contribution in [0.3, 0.4) is 0 Å². The fourth-order valence-electron chi connectivity index (χ4n) is 2.82. The number of hydrogen-bond acceptors (Lipinski definition) is 4. The molecule has 1 heterocycles. The highest BCUT2D eigenvalue weighted by Crippen LogP contribution is 2.18. The molecule has 6 nitrogen and oxygen atoms in total. The summed E-state index contributed by atoms with van der Waals surface area (Å²) in [6, 6.07) is 16.2. The van der Waals surface area contributed by atoms with Gasteiger partial charge in [0, 0.05) is 36.8 Å². The van der Waals surface area contributed by atoms with Crippen LogP contribution in [0.2, 0.25) is 0 Å². The second kappa shape index (κ2) is 7.14. The predicted octanol–water partition coefficient (Wildman–Crippen LogP) is 2.81. The zero-order valence-electron chi connectivity index (χ0n) is 14.0. The number of nitrogens with one attached hydrogen (secondary N) is 2. The van der Waals surface area contributed by atoms with Gasteiger partial charge >= 0.3 is 6.03 Å². The van der Waals surface area contributed by atoms with E-state index in [4.69, 9.17) is 0 Å². The summed E-state index contributed by atoms with van der Waals surface area (Å²) in [6.45, 7) is 1.31. The Morgan fingerprint density at radius 1 is 1.04 bits per heavy atom. The van der Waals surface area contributed by atoms with Gasteiger partial charge in [0.2, 0.25) is 0 Å². The number of carbonyl (C=O) groups is 1. The van der Waals surface area contributed by atoms with Gasteiger partial charge in [0.1, 0.15) is 0 Å². The van der Waals surface area contributed by atoms with Crippen molar-refractivity contribution in [3.63, 3.8) is 0 Å². The van der Waals surface area contributed by atoms with E-state index in [1.54, 1.807) is 17.0 Å². The fraction of sp³-hybridized carbons (Fsp3) is 0.278.